The molecule has 1 heterocycles. The van der Waals surface area contributed by atoms with Gasteiger partial charge in [0.25, 0.3) is 5.91 Å². The van der Waals surface area contributed by atoms with Gasteiger partial charge >= 0.3 is 0 Å². The van der Waals surface area contributed by atoms with E-state index in [1.54, 1.807) is 0 Å². The predicted octanol–water partition coefficient (Wildman–Crippen LogP) is 6.60. The summed E-state index contributed by atoms with van der Waals surface area (Å²) in [5.41, 5.74) is 3.69. The molecular weight excluding hydrogens is 462 g/mol. The third kappa shape index (κ3) is 5.10. The molecule has 4 rings (SSSR count). The second-order valence-electron chi connectivity index (χ2n) is 9.77. The Morgan fingerprint density at radius 2 is 1.53 bits per heavy atom. The Morgan fingerprint density at radius 3 is 2.22 bits per heavy atom. The van der Waals surface area contributed by atoms with Crippen LogP contribution in [0.4, 0.5) is 5.69 Å². The SMILES string of the molecule is CCN(CC)CCC1(c2ccccc2)C(=O)N(N(C)Cc2ccccc2SC(C)C)c2ccccc21. The van der Waals surface area contributed by atoms with Crippen molar-refractivity contribution in [1.29, 1.82) is 0 Å². The molecule has 1 amide bonds. The molecule has 190 valence electrons. The molecular formula is C31H39N3OS. The number of hydrazine groups is 1. The van der Waals surface area contributed by atoms with E-state index in [2.05, 4.69) is 104 Å². The van der Waals surface area contributed by atoms with Crippen LogP contribution in [0, 0.1) is 0 Å². The number of hydrogen-bond donors (Lipinski definition) is 0. The minimum Gasteiger partial charge on any atom is -0.304 e. The number of para-hydroxylation sites is 1. The summed E-state index contributed by atoms with van der Waals surface area (Å²) in [6, 6.07) is 27.3. The summed E-state index contributed by atoms with van der Waals surface area (Å²) in [5.74, 6) is 0.138. The molecule has 0 saturated heterocycles. The third-order valence-corrected chi connectivity index (χ3v) is 8.31. The Bertz CT molecular complexity index is 1160. The van der Waals surface area contributed by atoms with Gasteiger partial charge in [-0.1, -0.05) is 94.4 Å². The van der Waals surface area contributed by atoms with Gasteiger partial charge in [-0.15, -0.1) is 11.8 Å². The highest BCUT2D eigenvalue weighted by Gasteiger charge is 2.53. The molecule has 0 fully saturated rings. The lowest BCUT2D eigenvalue weighted by atomic mass is 9.72. The van der Waals surface area contributed by atoms with E-state index in [4.69, 9.17) is 0 Å². The smallest absolute Gasteiger partial charge is 0.256 e. The van der Waals surface area contributed by atoms with Gasteiger partial charge in [0.15, 0.2) is 0 Å². The van der Waals surface area contributed by atoms with Crippen LogP contribution >= 0.6 is 11.8 Å². The van der Waals surface area contributed by atoms with Crippen LogP contribution in [0.5, 0.6) is 0 Å². The summed E-state index contributed by atoms with van der Waals surface area (Å²) < 4.78 is 0. The van der Waals surface area contributed by atoms with Crippen molar-refractivity contribution >= 4 is 23.4 Å². The highest BCUT2D eigenvalue weighted by atomic mass is 32.2. The fourth-order valence-electron chi connectivity index (χ4n) is 5.34. The van der Waals surface area contributed by atoms with Crippen LogP contribution in [-0.2, 0) is 16.8 Å². The molecule has 1 atom stereocenters. The largest absolute Gasteiger partial charge is 0.304 e. The number of thioether (sulfide) groups is 1. The van der Waals surface area contributed by atoms with Crippen LogP contribution in [0.25, 0.3) is 0 Å². The first-order chi connectivity index (χ1) is 17.4. The number of nitrogens with zero attached hydrogens (tertiary/aromatic N) is 3. The fraction of sp³-hybridized carbons (Fsp3) is 0.387. The molecule has 1 aliphatic rings. The zero-order valence-corrected chi connectivity index (χ0v) is 23.1. The van der Waals surface area contributed by atoms with Gasteiger partial charge < -0.3 is 4.90 Å². The Morgan fingerprint density at radius 1 is 0.889 bits per heavy atom. The molecule has 0 aromatic heterocycles. The maximum absolute atomic E-state index is 14.6. The lowest BCUT2D eigenvalue weighted by Gasteiger charge is -2.34. The van der Waals surface area contributed by atoms with Crippen molar-refractivity contribution in [3.63, 3.8) is 0 Å². The van der Waals surface area contributed by atoms with Crippen molar-refractivity contribution in [2.24, 2.45) is 0 Å². The van der Waals surface area contributed by atoms with Crippen LogP contribution in [0.2, 0.25) is 0 Å². The molecule has 1 aliphatic heterocycles. The van der Waals surface area contributed by atoms with Crippen LogP contribution in [0.3, 0.4) is 0 Å². The Hall–Kier alpha value is -2.60. The van der Waals surface area contributed by atoms with Crippen LogP contribution in [0.1, 0.15) is 50.8 Å². The minimum absolute atomic E-state index is 0.138. The summed E-state index contributed by atoms with van der Waals surface area (Å²) in [6.45, 7) is 12.3. The average molecular weight is 502 g/mol. The number of carbonyl (C=O) groups excluding carboxylic acids is 1. The number of fused-ring (bicyclic) bond motifs is 1. The van der Waals surface area contributed by atoms with Crippen molar-refractivity contribution in [2.45, 2.75) is 56.2 Å². The molecule has 0 saturated carbocycles. The van der Waals surface area contributed by atoms with E-state index in [0.29, 0.717) is 11.8 Å². The van der Waals surface area contributed by atoms with Crippen molar-refractivity contribution in [1.82, 2.24) is 9.91 Å². The Kier molecular flexibility index (Phi) is 8.55. The molecule has 1 unspecified atom stereocenters. The monoisotopic (exact) mass is 501 g/mol. The van der Waals surface area contributed by atoms with Gasteiger partial charge in [0.1, 0.15) is 5.41 Å². The van der Waals surface area contributed by atoms with Gasteiger partial charge in [-0.25, -0.2) is 10.0 Å². The van der Waals surface area contributed by atoms with Crippen LogP contribution < -0.4 is 5.01 Å². The van der Waals surface area contributed by atoms with Gasteiger partial charge in [-0.3, -0.25) is 4.79 Å². The number of rotatable bonds is 11. The zero-order chi connectivity index (χ0) is 25.7. The summed E-state index contributed by atoms with van der Waals surface area (Å²) in [4.78, 5) is 18.3. The highest BCUT2D eigenvalue weighted by molar-refractivity contribution is 8.00. The topological polar surface area (TPSA) is 26.8 Å². The van der Waals surface area contributed by atoms with Gasteiger partial charge in [0, 0.05) is 23.7 Å². The summed E-state index contributed by atoms with van der Waals surface area (Å²) in [5, 5.41) is 4.53. The second-order valence-corrected chi connectivity index (χ2v) is 11.4. The van der Waals surface area contributed by atoms with E-state index < -0.39 is 5.41 Å². The average Bonchev–Trinajstić information content (AvgIpc) is 3.14. The third-order valence-electron chi connectivity index (χ3n) is 7.19. The van der Waals surface area contributed by atoms with E-state index in [-0.39, 0.29) is 5.91 Å². The highest BCUT2D eigenvalue weighted by Crippen LogP contribution is 2.49. The number of benzene rings is 3. The van der Waals surface area contributed by atoms with Crippen molar-refractivity contribution in [3.8, 4) is 0 Å². The molecule has 0 spiro atoms. The molecule has 36 heavy (non-hydrogen) atoms. The molecule has 3 aromatic carbocycles. The van der Waals surface area contributed by atoms with Crippen molar-refractivity contribution in [2.75, 3.05) is 31.7 Å². The van der Waals surface area contributed by atoms with E-state index in [9.17, 15) is 4.79 Å². The quantitative estimate of drug-likeness (QED) is 0.277. The summed E-state index contributed by atoms with van der Waals surface area (Å²) >= 11 is 1.87. The molecule has 5 heteroatoms. The molecule has 0 N–H and O–H groups in total. The van der Waals surface area contributed by atoms with E-state index in [0.717, 1.165) is 42.9 Å². The zero-order valence-electron chi connectivity index (χ0n) is 22.3. The maximum atomic E-state index is 14.6. The second kappa shape index (κ2) is 11.6. The van der Waals surface area contributed by atoms with E-state index in [1.165, 1.54) is 10.5 Å². The molecule has 0 radical (unpaired) electrons. The molecule has 0 aliphatic carbocycles. The van der Waals surface area contributed by atoms with Gasteiger partial charge in [0.05, 0.1) is 5.69 Å². The van der Waals surface area contributed by atoms with Gasteiger partial charge in [0.2, 0.25) is 0 Å². The fourth-order valence-corrected chi connectivity index (χ4v) is 6.29. The van der Waals surface area contributed by atoms with Crippen molar-refractivity contribution in [3.05, 3.63) is 95.6 Å². The Labute approximate surface area is 221 Å². The molecule has 4 nitrogen and oxygen atoms in total. The number of hydrogen-bond acceptors (Lipinski definition) is 4. The number of carbonyl (C=O) groups is 1. The first kappa shape index (κ1) is 26.5. The Balaban J connectivity index is 1.76. The van der Waals surface area contributed by atoms with Gasteiger partial charge in [-0.05, 0) is 54.9 Å². The first-order valence-corrected chi connectivity index (χ1v) is 14.0. The molecule has 3 aromatic rings. The summed E-state index contributed by atoms with van der Waals surface area (Å²) in [7, 11) is 2.04. The van der Waals surface area contributed by atoms with E-state index in [1.807, 2.05) is 36.0 Å². The van der Waals surface area contributed by atoms with E-state index >= 15 is 0 Å². The normalized spacial score (nSPS) is 17.4. The van der Waals surface area contributed by atoms with Crippen LogP contribution in [0.15, 0.2) is 83.8 Å². The van der Waals surface area contributed by atoms with Crippen molar-refractivity contribution < 1.29 is 4.79 Å². The number of amides is 1. The lowest BCUT2D eigenvalue weighted by Crippen LogP contribution is -2.49. The van der Waals surface area contributed by atoms with Gasteiger partial charge in [-0.2, -0.15) is 0 Å². The van der Waals surface area contributed by atoms with Crippen LogP contribution in [-0.4, -0.2) is 47.7 Å². The number of anilines is 1. The first-order valence-electron chi connectivity index (χ1n) is 13.1. The minimum atomic E-state index is -0.707. The molecule has 0 bridgehead atoms. The standard InChI is InChI=1S/C31H39N3OS/c1-6-33(7-2)22-21-31(26-16-9-8-10-17-26)27-18-12-13-19-28(27)34(30(31)35)32(5)23-25-15-11-14-20-29(25)36-24(3)4/h8-20,24H,6-7,21-23H2,1-5H3. The lowest BCUT2D eigenvalue weighted by molar-refractivity contribution is -0.125. The maximum Gasteiger partial charge on any atom is 0.256 e. The predicted molar refractivity (Wildman–Crippen MR) is 152 cm³/mol. The summed E-state index contributed by atoms with van der Waals surface area (Å²) in [6.07, 6.45) is 0.749.